The average molecular weight is 370 g/mol. The first-order chi connectivity index (χ1) is 13.0. The lowest BCUT2D eigenvalue weighted by molar-refractivity contribution is -0.126. The van der Waals surface area contributed by atoms with Gasteiger partial charge < -0.3 is 15.0 Å². The van der Waals surface area contributed by atoms with Crippen LogP contribution >= 0.6 is 0 Å². The number of hydrogen-bond donors (Lipinski definition) is 1. The van der Waals surface area contributed by atoms with E-state index in [1.165, 1.54) is 18.4 Å². The van der Waals surface area contributed by atoms with Crippen molar-refractivity contribution in [3.05, 3.63) is 35.9 Å². The van der Waals surface area contributed by atoms with Crippen LogP contribution < -0.4 is 15.0 Å². The standard InChI is InChI=1S/C22H30N2O3/c1-16(2)27-20-10-8-19(9-11-20)24-15-18(14-21(24)25)22(26)23-13-12-17-6-4-3-5-7-17/h6,8-11,16,18H,3-5,7,12-15H2,1-2H3,(H,23,26). The fraction of sp³-hybridized carbons (Fsp3) is 0.545. The van der Waals surface area contributed by atoms with Crippen LogP contribution in [0, 0.1) is 5.92 Å². The lowest BCUT2D eigenvalue weighted by atomic mass is 9.97. The van der Waals surface area contributed by atoms with Gasteiger partial charge in [-0.1, -0.05) is 11.6 Å². The summed E-state index contributed by atoms with van der Waals surface area (Å²) < 4.78 is 5.64. The fourth-order valence-electron chi connectivity index (χ4n) is 3.73. The van der Waals surface area contributed by atoms with Crippen LogP contribution in [0.15, 0.2) is 35.9 Å². The third-order valence-electron chi connectivity index (χ3n) is 5.15. The van der Waals surface area contributed by atoms with Gasteiger partial charge in [0.15, 0.2) is 0 Å². The zero-order valence-electron chi connectivity index (χ0n) is 16.4. The number of anilines is 1. The number of amides is 2. The van der Waals surface area contributed by atoms with Gasteiger partial charge in [0, 0.05) is 25.2 Å². The number of nitrogens with one attached hydrogen (secondary N) is 1. The molecule has 146 valence electrons. The molecule has 1 aromatic rings. The number of rotatable bonds is 7. The molecule has 2 aliphatic rings. The Morgan fingerprint density at radius 1 is 1.26 bits per heavy atom. The average Bonchev–Trinajstić information content (AvgIpc) is 3.04. The van der Waals surface area contributed by atoms with Gasteiger partial charge in [-0.05, 0) is 70.2 Å². The molecule has 1 saturated heterocycles. The summed E-state index contributed by atoms with van der Waals surface area (Å²) >= 11 is 0. The second-order valence-corrected chi connectivity index (χ2v) is 7.72. The smallest absolute Gasteiger partial charge is 0.227 e. The van der Waals surface area contributed by atoms with Crippen molar-refractivity contribution in [2.75, 3.05) is 18.0 Å². The second kappa shape index (κ2) is 9.07. The maximum Gasteiger partial charge on any atom is 0.227 e. The van der Waals surface area contributed by atoms with Gasteiger partial charge in [-0.2, -0.15) is 0 Å². The van der Waals surface area contributed by atoms with Crippen LogP contribution in [0.2, 0.25) is 0 Å². The number of benzene rings is 1. The second-order valence-electron chi connectivity index (χ2n) is 7.72. The molecule has 0 radical (unpaired) electrons. The number of allylic oxidation sites excluding steroid dienone is 1. The first-order valence-corrected chi connectivity index (χ1v) is 10.1. The number of carbonyl (C=O) groups is 2. The molecule has 1 heterocycles. The summed E-state index contributed by atoms with van der Waals surface area (Å²) in [5.41, 5.74) is 2.27. The SMILES string of the molecule is CC(C)Oc1ccc(N2CC(C(=O)NCCC3=CCCCC3)CC2=O)cc1. The van der Waals surface area contributed by atoms with Gasteiger partial charge in [0.25, 0.3) is 0 Å². The van der Waals surface area contributed by atoms with Gasteiger partial charge in [-0.15, -0.1) is 0 Å². The lowest BCUT2D eigenvalue weighted by Gasteiger charge is -2.18. The Kier molecular flexibility index (Phi) is 6.54. The van der Waals surface area contributed by atoms with Crippen molar-refractivity contribution in [2.24, 2.45) is 5.92 Å². The molecular formula is C22H30N2O3. The first-order valence-electron chi connectivity index (χ1n) is 10.1. The Labute approximate surface area is 161 Å². The van der Waals surface area contributed by atoms with E-state index in [9.17, 15) is 9.59 Å². The molecule has 0 spiro atoms. The Hall–Kier alpha value is -2.30. The molecule has 1 aliphatic carbocycles. The summed E-state index contributed by atoms with van der Waals surface area (Å²) in [4.78, 5) is 26.5. The van der Waals surface area contributed by atoms with E-state index >= 15 is 0 Å². The first kappa shape index (κ1) is 19.5. The Bertz CT molecular complexity index is 694. The highest BCUT2D eigenvalue weighted by atomic mass is 16.5. The zero-order chi connectivity index (χ0) is 19.2. The summed E-state index contributed by atoms with van der Waals surface area (Å²) in [5, 5.41) is 3.02. The van der Waals surface area contributed by atoms with E-state index < -0.39 is 0 Å². The summed E-state index contributed by atoms with van der Waals surface area (Å²) in [6.07, 6.45) is 8.47. The van der Waals surface area contributed by atoms with Gasteiger partial charge in [0.05, 0.1) is 12.0 Å². The van der Waals surface area contributed by atoms with Crippen LogP contribution in [0.25, 0.3) is 0 Å². The molecule has 1 fully saturated rings. The van der Waals surface area contributed by atoms with E-state index in [4.69, 9.17) is 4.74 Å². The Balaban J connectivity index is 1.50. The van der Waals surface area contributed by atoms with Gasteiger partial charge in [-0.3, -0.25) is 9.59 Å². The number of carbonyl (C=O) groups excluding carboxylic acids is 2. The molecular weight excluding hydrogens is 340 g/mol. The van der Waals surface area contributed by atoms with Crippen LogP contribution in [0.3, 0.4) is 0 Å². The summed E-state index contributed by atoms with van der Waals surface area (Å²) in [7, 11) is 0. The molecule has 1 atom stereocenters. The van der Waals surface area contributed by atoms with Crippen LogP contribution in [-0.2, 0) is 9.59 Å². The van der Waals surface area contributed by atoms with Crippen LogP contribution in [0.5, 0.6) is 5.75 Å². The molecule has 3 rings (SSSR count). The molecule has 27 heavy (non-hydrogen) atoms. The third-order valence-corrected chi connectivity index (χ3v) is 5.15. The molecule has 5 nitrogen and oxygen atoms in total. The van der Waals surface area contributed by atoms with Gasteiger partial charge in [-0.25, -0.2) is 0 Å². The normalized spacial score (nSPS) is 20.0. The van der Waals surface area contributed by atoms with E-state index in [1.807, 2.05) is 38.1 Å². The molecule has 5 heteroatoms. The van der Waals surface area contributed by atoms with Crippen molar-refractivity contribution in [1.29, 1.82) is 0 Å². The quantitative estimate of drug-likeness (QED) is 0.742. The van der Waals surface area contributed by atoms with Crippen molar-refractivity contribution >= 4 is 17.5 Å². The van der Waals surface area contributed by atoms with Crippen molar-refractivity contribution in [1.82, 2.24) is 5.32 Å². The van der Waals surface area contributed by atoms with E-state index in [0.29, 0.717) is 13.1 Å². The summed E-state index contributed by atoms with van der Waals surface area (Å²) in [5.74, 6) is 0.501. The van der Waals surface area contributed by atoms with Gasteiger partial charge in [0.1, 0.15) is 5.75 Å². The predicted octanol–water partition coefficient (Wildman–Crippen LogP) is 3.83. The van der Waals surface area contributed by atoms with Crippen molar-refractivity contribution in [3.63, 3.8) is 0 Å². The van der Waals surface area contributed by atoms with E-state index in [0.717, 1.165) is 30.7 Å². The monoisotopic (exact) mass is 370 g/mol. The molecule has 1 unspecified atom stereocenters. The number of ether oxygens (including phenoxy) is 1. The zero-order valence-corrected chi connectivity index (χ0v) is 16.4. The minimum Gasteiger partial charge on any atom is -0.491 e. The molecule has 0 saturated carbocycles. The number of nitrogens with zero attached hydrogens (tertiary/aromatic N) is 1. The van der Waals surface area contributed by atoms with E-state index in [1.54, 1.807) is 4.90 Å². The Morgan fingerprint density at radius 3 is 2.70 bits per heavy atom. The molecule has 0 bridgehead atoms. The highest BCUT2D eigenvalue weighted by Gasteiger charge is 2.34. The predicted molar refractivity (Wildman–Crippen MR) is 107 cm³/mol. The third kappa shape index (κ3) is 5.34. The van der Waals surface area contributed by atoms with E-state index in [-0.39, 0.29) is 30.3 Å². The molecule has 2 amide bonds. The topological polar surface area (TPSA) is 58.6 Å². The minimum absolute atomic E-state index is 0.00247. The van der Waals surface area contributed by atoms with Gasteiger partial charge in [0.2, 0.25) is 11.8 Å². The molecule has 1 N–H and O–H groups in total. The lowest BCUT2D eigenvalue weighted by Crippen LogP contribution is -2.33. The molecule has 1 aliphatic heterocycles. The number of hydrogen-bond acceptors (Lipinski definition) is 3. The van der Waals surface area contributed by atoms with Crippen molar-refractivity contribution < 1.29 is 14.3 Å². The largest absolute Gasteiger partial charge is 0.491 e. The highest BCUT2D eigenvalue weighted by molar-refractivity contribution is 6.00. The van der Waals surface area contributed by atoms with Crippen LogP contribution in [-0.4, -0.2) is 31.0 Å². The van der Waals surface area contributed by atoms with Crippen LogP contribution in [0.4, 0.5) is 5.69 Å². The molecule has 0 aromatic heterocycles. The summed E-state index contributed by atoms with van der Waals surface area (Å²) in [6, 6.07) is 7.50. The Morgan fingerprint density at radius 2 is 2.04 bits per heavy atom. The van der Waals surface area contributed by atoms with Crippen molar-refractivity contribution in [2.45, 2.75) is 58.5 Å². The van der Waals surface area contributed by atoms with Crippen LogP contribution in [0.1, 0.15) is 52.4 Å². The van der Waals surface area contributed by atoms with E-state index in [2.05, 4.69) is 11.4 Å². The maximum atomic E-state index is 12.5. The summed E-state index contributed by atoms with van der Waals surface area (Å²) in [6.45, 7) is 5.06. The highest BCUT2D eigenvalue weighted by Crippen LogP contribution is 2.27. The molecule has 1 aromatic carbocycles. The van der Waals surface area contributed by atoms with Gasteiger partial charge >= 0.3 is 0 Å². The fourth-order valence-corrected chi connectivity index (χ4v) is 3.73. The minimum atomic E-state index is -0.274. The maximum absolute atomic E-state index is 12.5. The van der Waals surface area contributed by atoms with Crippen molar-refractivity contribution in [3.8, 4) is 5.75 Å².